The van der Waals surface area contributed by atoms with Crippen LogP contribution >= 0.6 is 0 Å². The molecule has 0 aliphatic carbocycles. The van der Waals surface area contributed by atoms with Gasteiger partial charge in [-0.05, 0) is 59.5 Å². The number of halogens is 9. The van der Waals surface area contributed by atoms with Gasteiger partial charge in [0.05, 0.1) is 16.7 Å². The molecule has 43 heavy (non-hydrogen) atoms. The fourth-order valence-electron chi connectivity index (χ4n) is 4.85. The summed E-state index contributed by atoms with van der Waals surface area (Å²) in [5.74, 6) is -0.940. The van der Waals surface area contributed by atoms with E-state index in [4.69, 9.17) is 0 Å². The van der Waals surface area contributed by atoms with Crippen LogP contribution in [-0.4, -0.2) is 38.8 Å². The summed E-state index contributed by atoms with van der Waals surface area (Å²) in [6, 6.07) is 8.08. The lowest BCUT2D eigenvalue weighted by molar-refractivity contribution is -0.143. The molecule has 3 heterocycles. The van der Waals surface area contributed by atoms with Gasteiger partial charge in [-0.3, -0.25) is 9.78 Å². The van der Waals surface area contributed by atoms with Gasteiger partial charge in [-0.1, -0.05) is 12.1 Å². The minimum absolute atomic E-state index is 0.00268. The third-order valence-electron chi connectivity index (χ3n) is 7.02. The van der Waals surface area contributed by atoms with E-state index in [1.807, 2.05) is 6.07 Å². The Balaban J connectivity index is 1.60. The van der Waals surface area contributed by atoms with Gasteiger partial charge in [-0.15, -0.1) is 0 Å². The zero-order valence-electron chi connectivity index (χ0n) is 21.7. The molecule has 4 aromatic rings. The molecule has 2 aromatic heterocycles. The molecule has 5 nitrogen and oxygen atoms in total. The number of pyridine rings is 1. The molecular formula is C29H19F9N4O. The Labute approximate surface area is 238 Å². The maximum atomic E-state index is 13.6. The third kappa shape index (κ3) is 6.47. The van der Waals surface area contributed by atoms with Crippen LogP contribution in [0.3, 0.4) is 0 Å². The summed E-state index contributed by atoms with van der Waals surface area (Å²) < 4.78 is 121. The van der Waals surface area contributed by atoms with E-state index >= 15 is 0 Å². The Morgan fingerprint density at radius 3 is 1.93 bits per heavy atom. The number of carbonyl (C=O) groups is 1. The molecule has 1 aliphatic heterocycles. The average Bonchev–Trinajstić information content (AvgIpc) is 3.46. The lowest BCUT2D eigenvalue weighted by Gasteiger charge is -2.19. The normalized spacial score (nSPS) is 16.0. The van der Waals surface area contributed by atoms with Crippen LogP contribution in [0.2, 0.25) is 0 Å². The molecule has 1 aliphatic rings. The van der Waals surface area contributed by atoms with Crippen LogP contribution < -0.4 is 0 Å². The first-order chi connectivity index (χ1) is 20.1. The standard InChI is InChI=1S/C29H19F9N4O/c30-27(31,32)20-8-19(9-21(11-20)28(33,34)35)23-4-3-16(10-24(23)25-40-13-22(14-41-25)29(36,37)38)26(43)42-7-5-18(15-42)17-2-1-6-39-12-17/h1-4,6,8-14,18H,5,7,15H2. The van der Waals surface area contributed by atoms with E-state index in [0.717, 1.165) is 17.7 Å². The number of hydrogen-bond donors (Lipinski definition) is 0. The Bertz CT molecular complexity index is 1600. The summed E-state index contributed by atoms with van der Waals surface area (Å²) >= 11 is 0. The zero-order valence-corrected chi connectivity index (χ0v) is 21.7. The molecule has 1 unspecified atom stereocenters. The van der Waals surface area contributed by atoms with Crippen LogP contribution in [0.25, 0.3) is 22.5 Å². The second kappa shape index (κ2) is 11.0. The Morgan fingerprint density at radius 2 is 1.37 bits per heavy atom. The number of aromatic nitrogens is 3. The quantitative estimate of drug-likeness (QED) is 0.221. The molecule has 0 saturated carbocycles. The van der Waals surface area contributed by atoms with E-state index in [0.29, 0.717) is 44.0 Å². The number of benzene rings is 2. The van der Waals surface area contributed by atoms with Gasteiger partial charge in [0, 0.05) is 54.9 Å². The summed E-state index contributed by atoms with van der Waals surface area (Å²) in [6.45, 7) is 0.676. The molecule has 0 spiro atoms. The molecule has 224 valence electrons. The highest BCUT2D eigenvalue weighted by Gasteiger charge is 2.38. The molecule has 2 aromatic carbocycles. The average molecular weight is 610 g/mol. The van der Waals surface area contributed by atoms with Crippen LogP contribution in [0, 0.1) is 0 Å². The van der Waals surface area contributed by atoms with Crippen molar-refractivity contribution in [3.05, 3.63) is 101 Å². The van der Waals surface area contributed by atoms with Crippen molar-refractivity contribution in [2.24, 2.45) is 0 Å². The van der Waals surface area contributed by atoms with Crippen LogP contribution in [-0.2, 0) is 18.5 Å². The third-order valence-corrected chi connectivity index (χ3v) is 7.02. The van der Waals surface area contributed by atoms with Crippen molar-refractivity contribution in [1.29, 1.82) is 0 Å². The Kier molecular flexibility index (Phi) is 7.65. The maximum absolute atomic E-state index is 13.6. The molecule has 1 amide bonds. The number of likely N-dealkylation sites (tertiary alicyclic amines) is 1. The minimum Gasteiger partial charge on any atom is -0.338 e. The van der Waals surface area contributed by atoms with Crippen molar-refractivity contribution < 1.29 is 44.3 Å². The minimum atomic E-state index is -5.14. The van der Waals surface area contributed by atoms with Crippen molar-refractivity contribution in [2.45, 2.75) is 30.9 Å². The highest BCUT2D eigenvalue weighted by molar-refractivity contribution is 5.97. The lowest BCUT2D eigenvalue weighted by Crippen LogP contribution is -2.28. The first kappa shape index (κ1) is 30.0. The first-order valence-electron chi connectivity index (χ1n) is 12.6. The largest absolute Gasteiger partial charge is 0.419 e. The predicted octanol–water partition coefficient (Wildman–Crippen LogP) is 7.89. The molecule has 0 N–H and O–H groups in total. The maximum Gasteiger partial charge on any atom is 0.419 e. The molecule has 1 fully saturated rings. The number of rotatable bonds is 4. The fourth-order valence-corrected chi connectivity index (χ4v) is 4.85. The zero-order chi connectivity index (χ0) is 31.2. The molecule has 0 bridgehead atoms. The summed E-state index contributed by atoms with van der Waals surface area (Å²) in [7, 11) is 0. The summed E-state index contributed by atoms with van der Waals surface area (Å²) in [5, 5.41) is 0. The van der Waals surface area contributed by atoms with E-state index < -0.39 is 52.5 Å². The van der Waals surface area contributed by atoms with Gasteiger partial charge in [-0.2, -0.15) is 39.5 Å². The van der Waals surface area contributed by atoms with Gasteiger partial charge >= 0.3 is 18.5 Å². The fraction of sp³-hybridized carbons (Fsp3) is 0.241. The first-order valence-corrected chi connectivity index (χ1v) is 12.6. The number of hydrogen-bond acceptors (Lipinski definition) is 4. The van der Waals surface area contributed by atoms with E-state index in [-0.39, 0.29) is 28.7 Å². The van der Waals surface area contributed by atoms with E-state index in [1.165, 1.54) is 11.0 Å². The van der Waals surface area contributed by atoms with Crippen LogP contribution in [0.5, 0.6) is 0 Å². The highest BCUT2D eigenvalue weighted by atomic mass is 19.4. The Hall–Kier alpha value is -4.49. The van der Waals surface area contributed by atoms with Crippen molar-refractivity contribution >= 4 is 5.91 Å². The second-order valence-corrected chi connectivity index (χ2v) is 9.87. The second-order valence-electron chi connectivity index (χ2n) is 9.87. The van der Waals surface area contributed by atoms with Crippen molar-refractivity contribution in [1.82, 2.24) is 19.9 Å². The smallest absolute Gasteiger partial charge is 0.338 e. The number of amides is 1. The van der Waals surface area contributed by atoms with Gasteiger partial charge in [0.25, 0.3) is 5.91 Å². The molecule has 14 heteroatoms. The molecule has 5 rings (SSSR count). The van der Waals surface area contributed by atoms with Crippen LogP contribution in [0.4, 0.5) is 39.5 Å². The van der Waals surface area contributed by atoms with Crippen molar-refractivity contribution in [3.63, 3.8) is 0 Å². The van der Waals surface area contributed by atoms with E-state index in [2.05, 4.69) is 15.0 Å². The molecule has 0 radical (unpaired) electrons. The summed E-state index contributed by atoms with van der Waals surface area (Å²) in [4.78, 5) is 26.4. The van der Waals surface area contributed by atoms with Crippen LogP contribution in [0.1, 0.15) is 45.0 Å². The van der Waals surface area contributed by atoms with Crippen molar-refractivity contribution in [2.75, 3.05) is 13.1 Å². The molecular weight excluding hydrogens is 591 g/mol. The Morgan fingerprint density at radius 1 is 0.744 bits per heavy atom. The molecule has 1 atom stereocenters. The summed E-state index contributed by atoms with van der Waals surface area (Å²) in [5.41, 5.74) is -4.50. The number of nitrogens with zero attached hydrogens (tertiary/aromatic N) is 4. The summed E-state index contributed by atoms with van der Waals surface area (Å²) in [6.07, 6.45) is -10.3. The SMILES string of the molecule is O=C(c1ccc(-c2cc(C(F)(F)F)cc(C(F)(F)F)c2)c(-c2ncc(C(F)(F)F)cn2)c1)N1CCC(c2cccnc2)C1. The lowest BCUT2D eigenvalue weighted by atomic mass is 9.93. The van der Waals surface area contributed by atoms with Gasteiger partial charge in [0.1, 0.15) is 0 Å². The van der Waals surface area contributed by atoms with E-state index in [9.17, 15) is 44.3 Å². The number of alkyl halides is 9. The topological polar surface area (TPSA) is 59.0 Å². The molecule has 1 saturated heterocycles. The van der Waals surface area contributed by atoms with E-state index in [1.54, 1.807) is 18.5 Å². The highest BCUT2D eigenvalue weighted by Crippen LogP contribution is 2.41. The van der Waals surface area contributed by atoms with Gasteiger partial charge < -0.3 is 4.90 Å². The monoisotopic (exact) mass is 610 g/mol. The van der Waals surface area contributed by atoms with Gasteiger partial charge in [0.2, 0.25) is 0 Å². The van der Waals surface area contributed by atoms with Crippen molar-refractivity contribution in [3.8, 4) is 22.5 Å². The van der Waals surface area contributed by atoms with Crippen LogP contribution in [0.15, 0.2) is 73.3 Å². The number of carbonyl (C=O) groups excluding carboxylic acids is 1. The van der Waals surface area contributed by atoms with Gasteiger partial charge in [-0.25, -0.2) is 9.97 Å². The van der Waals surface area contributed by atoms with Gasteiger partial charge in [0.15, 0.2) is 5.82 Å². The predicted molar refractivity (Wildman–Crippen MR) is 135 cm³/mol.